The van der Waals surface area contributed by atoms with Crippen molar-refractivity contribution in [2.24, 2.45) is 0 Å². The average molecular weight is 223 g/mol. The van der Waals surface area contributed by atoms with Gasteiger partial charge in [-0.05, 0) is 6.92 Å². The zero-order chi connectivity index (χ0) is 11.6. The Balaban J connectivity index is 2.54. The predicted octanol–water partition coefficient (Wildman–Crippen LogP) is -1.94. The van der Waals surface area contributed by atoms with Gasteiger partial charge in [0.2, 0.25) is 0 Å². The summed E-state index contributed by atoms with van der Waals surface area (Å²) < 4.78 is 9.55. The van der Waals surface area contributed by atoms with Crippen LogP contribution in [-0.4, -0.2) is 57.7 Å². The molecule has 0 bridgehead atoms. The lowest BCUT2D eigenvalue weighted by Gasteiger charge is -2.38. The molecule has 0 unspecified atom stereocenters. The minimum absolute atomic E-state index is 0.738. The van der Waals surface area contributed by atoms with Gasteiger partial charge >= 0.3 is 6.73 Å². The number of aliphatic hydroxyl groups is 3. The van der Waals surface area contributed by atoms with Crippen LogP contribution < -0.4 is 0 Å². The molecule has 0 amide bonds. The number of aliphatic hydroxyl groups excluding tert-OH is 3. The molecule has 1 rings (SSSR count). The van der Waals surface area contributed by atoms with Crippen LogP contribution in [0, 0.1) is 10.1 Å². The summed E-state index contributed by atoms with van der Waals surface area (Å²) in [7, 11) is 0. The van der Waals surface area contributed by atoms with E-state index in [4.69, 9.17) is 4.74 Å². The van der Waals surface area contributed by atoms with E-state index in [1.807, 2.05) is 0 Å². The van der Waals surface area contributed by atoms with Crippen molar-refractivity contribution < 1.29 is 29.7 Å². The summed E-state index contributed by atoms with van der Waals surface area (Å²) in [4.78, 5) is 9.27. The van der Waals surface area contributed by atoms with Crippen molar-refractivity contribution in [1.82, 2.24) is 0 Å². The molecule has 8 nitrogen and oxygen atoms in total. The molecule has 0 aromatic heterocycles. The molecule has 0 spiro atoms. The van der Waals surface area contributed by atoms with Crippen LogP contribution in [0.2, 0.25) is 0 Å². The van der Waals surface area contributed by atoms with E-state index in [-0.39, 0.29) is 0 Å². The van der Waals surface area contributed by atoms with E-state index in [0.29, 0.717) is 0 Å². The van der Waals surface area contributed by atoms with Gasteiger partial charge in [-0.15, -0.1) is 0 Å². The molecule has 5 atom stereocenters. The third kappa shape index (κ3) is 2.83. The Morgan fingerprint density at radius 2 is 1.93 bits per heavy atom. The van der Waals surface area contributed by atoms with Crippen molar-refractivity contribution in [3.63, 3.8) is 0 Å². The topological polar surface area (TPSA) is 122 Å². The Kier molecular flexibility index (Phi) is 3.94. The molecule has 1 heterocycles. The van der Waals surface area contributed by atoms with Gasteiger partial charge in [-0.25, -0.2) is 0 Å². The summed E-state index contributed by atoms with van der Waals surface area (Å²) in [5.74, 6) is 0. The van der Waals surface area contributed by atoms with Crippen molar-refractivity contribution in [1.29, 1.82) is 0 Å². The Labute approximate surface area is 85.2 Å². The fourth-order valence-corrected chi connectivity index (χ4v) is 1.29. The van der Waals surface area contributed by atoms with Crippen LogP contribution in [0.15, 0.2) is 0 Å². The lowest BCUT2D eigenvalue weighted by atomic mass is 10.0. The van der Waals surface area contributed by atoms with Gasteiger partial charge in [-0.3, -0.25) is 14.9 Å². The summed E-state index contributed by atoms with van der Waals surface area (Å²) >= 11 is 0. The van der Waals surface area contributed by atoms with Crippen molar-refractivity contribution in [3.8, 4) is 0 Å². The molecular formula is C7H13NO7. The third-order valence-corrected chi connectivity index (χ3v) is 2.15. The van der Waals surface area contributed by atoms with Gasteiger partial charge in [-0.2, -0.15) is 0 Å². The minimum Gasteiger partial charge on any atom is -0.388 e. The maximum atomic E-state index is 10.0. The second-order valence-corrected chi connectivity index (χ2v) is 3.31. The molecule has 88 valence electrons. The second kappa shape index (κ2) is 4.81. The summed E-state index contributed by atoms with van der Waals surface area (Å²) in [6, 6.07) is 0. The average Bonchev–Trinajstić information content (AvgIpc) is 2.18. The molecule has 0 aliphatic carbocycles. The number of nitro groups is 1. The van der Waals surface area contributed by atoms with Crippen LogP contribution in [0.1, 0.15) is 6.92 Å². The van der Waals surface area contributed by atoms with Crippen LogP contribution in [0.25, 0.3) is 0 Å². The Morgan fingerprint density at radius 1 is 1.33 bits per heavy atom. The smallest absolute Gasteiger partial charge is 0.308 e. The first-order valence-corrected chi connectivity index (χ1v) is 4.36. The highest BCUT2D eigenvalue weighted by atomic mass is 16.7. The third-order valence-electron chi connectivity index (χ3n) is 2.15. The standard InChI is InChI=1S/C7H13NO7/c1-3-4(9)5(10)6(11)7(15-3)14-2-8(12)13/h3-7,9-11H,2H2,1H3/t3-,4+,5+,6-,7-/m0/s1. The zero-order valence-electron chi connectivity index (χ0n) is 8.02. The molecule has 8 heteroatoms. The monoisotopic (exact) mass is 223 g/mol. The van der Waals surface area contributed by atoms with Crippen LogP contribution in [0.3, 0.4) is 0 Å². The summed E-state index contributed by atoms with van der Waals surface area (Å²) in [5, 5.41) is 38.0. The Hall–Kier alpha value is -0.800. The van der Waals surface area contributed by atoms with Crippen molar-refractivity contribution in [3.05, 3.63) is 10.1 Å². The molecule has 0 radical (unpaired) electrons. The van der Waals surface area contributed by atoms with E-state index in [2.05, 4.69) is 4.74 Å². The maximum absolute atomic E-state index is 10.0. The van der Waals surface area contributed by atoms with Gasteiger partial charge in [0.15, 0.2) is 6.29 Å². The predicted molar refractivity (Wildman–Crippen MR) is 45.3 cm³/mol. The molecule has 0 aromatic rings. The maximum Gasteiger partial charge on any atom is 0.308 e. The van der Waals surface area contributed by atoms with Gasteiger partial charge in [0.05, 0.1) is 6.10 Å². The normalized spacial score (nSPS) is 41.5. The second-order valence-electron chi connectivity index (χ2n) is 3.31. The van der Waals surface area contributed by atoms with Crippen LogP contribution in [-0.2, 0) is 9.47 Å². The summed E-state index contributed by atoms with van der Waals surface area (Å²) in [6.07, 6.45) is -6.25. The number of nitrogens with zero attached hydrogens (tertiary/aromatic N) is 1. The van der Waals surface area contributed by atoms with Crippen molar-refractivity contribution in [2.45, 2.75) is 37.6 Å². The van der Waals surface area contributed by atoms with Gasteiger partial charge in [0, 0.05) is 4.92 Å². The van der Waals surface area contributed by atoms with E-state index in [1.54, 1.807) is 0 Å². The highest BCUT2D eigenvalue weighted by molar-refractivity contribution is 4.86. The molecule has 0 saturated carbocycles. The van der Waals surface area contributed by atoms with Crippen LogP contribution >= 0.6 is 0 Å². The van der Waals surface area contributed by atoms with Gasteiger partial charge in [0.25, 0.3) is 0 Å². The molecular weight excluding hydrogens is 210 g/mol. The number of rotatable bonds is 3. The number of hydrogen-bond acceptors (Lipinski definition) is 7. The van der Waals surface area contributed by atoms with E-state index in [1.165, 1.54) is 6.92 Å². The SMILES string of the molecule is C[C@@H]1O[C@H](OC[N+](=O)[O-])[C@@H](O)[C@H](O)[C@@H]1O. The molecule has 0 aromatic carbocycles. The summed E-state index contributed by atoms with van der Waals surface area (Å²) in [5.41, 5.74) is 0. The zero-order valence-corrected chi connectivity index (χ0v) is 8.02. The summed E-state index contributed by atoms with van der Waals surface area (Å²) in [6.45, 7) is 0.625. The largest absolute Gasteiger partial charge is 0.388 e. The lowest BCUT2D eigenvalue weighted by molar-refractivity contribution is -0.541. The number of hydrogen-bond donors (Lipinski definition) is 3. The molecule has 1 saturated heterocycles. The highest BCUT2D eigenvalue weighted by Gasteiger charge is 2.42. The highest BCUT2D eigenvalue weighted by Crippen LogP contribution is 2.21. The Bertz CT molecular complexity index is 235. The van der Waals surface area contributed by atoms with Crippen molar-refractivity contribution >= 4 is 0 Å². The first kappa shape index (κ1) is 12.3. The number of ether oxygens (including phenoxy) is 2. The molecule has 3 N–H and O–H groups in total. The first-order chi connectivity index (χ1) is 6.93. The van der Waals surface area contributed by atoms with E-state index in [9.17, 15) is 25.4 Å². The molecule has 1 aliphatic heterocycles. The van der Waals surface area contributed by atoms with E-state index >= 15 is 0 Å². The van der Waals surface area contributed by atoms with Crippen LogP contribution in [0.4, 0.5) is 0 Å². The fourth-order valence-electron chi connectivity index (χ4n) is 1.29. The van der Waals surface area contributed by atoms with Gasteiger partial charge in [-0.1, -0.05) is 0 Å². The van der Waals surface area contributed by atoms with E-state index < -0.39 is 42.4 Å². The quantitative estimate of drug-likeness (QED) is 0.289. The molecule has 1 aliphatic rings. The molecule has 15 heavy (non-hydrogen) atoms. The van der Waals surface area contributed by atoms with Crippen molar-refractivity contribution in [2.75, 3.05) is 6.73 Å². The first-order valence-electron chi connectivity index (χ1n) is 4.36. The Morgan fingerprint density at radius 3 is 2.47 bits per heavy atom. The lowest BCUT2D eigenvalue weighted by Crippen LogP contribution is -2.57. The molecule has 1 fully saturated rings. The van der Waals surface area contributed by atoms with Gasteiger partial charge in [0.1, 0.15) is 18.3 Å². The minimum atomic E-state index is -1.50. The van der Waals surface area contributed by atoms with E-state index in [0.717, 1.165) is 0 Å². The fraction of sp³-hybridized carbons (Fsp3) is 1.00. The van der Waals surface area contributed by atoms with Crippen LogP contribution in [0.5, 0.6) is 0 Å². The van der Waals surface area contributed by atoms with Gasteiger partial charge < -0.3 is 20.1 Å².